The number of hydrogen-bond donors (Lipinski definition) is 4. The number of rotatable bonds is 22. The Kier molecular flexibility index (Phi) is 19.9. The Morgan fingerprint density at radius 3 is 1.62 bits per heavy atom. The van der Waals surface area contributed by atoms with Crippen molar-refractivity contribution in [2.24, 2.45) is 0 Å². The molecular weight excluding hydrogens is 584 g/mol. The molecular formula is C32H58N4O9. The van der Waals surface area contributed by atoms with Crippen LogP contribution in [-0.4, -0.2) is 114 Å². The first-order chi connectivity index (χ1) is 21.7. The van der Waals surface area contributed by atoms with Gasteiger partial charge in [0.05, 0.1) is 72.7 Å². The van der Waals surface area contributed by atoms with Crippen molar-refractivity contribution in [2.45, 2.75) is 127 Å². The van der Waals surface area contributed by atoms with E-state index in [4.69, 9.17) is 23.7 Å². The van der Waals surface area contributed by atoms with Gasteiger partial charge in [-0.1, -0.05) is 38.5 Å². The molecule has 4 N–H and O–H groups in total. The Balaban J connectivity index is 1.53. The van der Waals surface area contributed by atoms with E-state index in [0.717, 1.165) is 51.4 Å². The molecule has 0 aromatic carbocycles. The van der Waals surface area contributed by atoms with Gasteiger partial charge >= 0.3 is 11.9 Å². The fourth-order valence-electron chi connectivity index (χ4n) is 5.74. The van der Waals surface area contributed by atoms with Crippen LogP contribution in [-0.2, 0) is 42.9 Å². The molecule has 2 aliphatic carbocycles. The zero-order chi connectivity index (χ0) is 32.9. The van der Waals surface area contributed by atoms with E-state index in [2.05, 4.69) is 21.3 Å². The van der Waals surface area contributed by atoms with E-state index < -0.39 is 24.0 Å². The van der Waals surface area contributed by atoms with Gasteiger partial charge in [-0.05, 0) is 39.5 Å². The lowest BCUT2D eigenvalue weighted by Gasteiger charge is -2.28. The fourth-order valence-corrected chi connectivity index (χ4v) is 5.74. The van der Waals surface area contributed by atoms with Crippen molar-refractivity contribution in [3.63, 3.8) is 0 Å². The van der Waals surface area contributed by atoms with Gasteiger partial charge in [0.15, 0.2) is 0 Å². The minimum atomic E-state index is -0.659. The molecule has 2 rings (SSSR count). The number of ether oxygens (including phenoxy) is 5. The molecule has 0 heterocycles. The number of hydrogen-bond acceptors (Lipinski definition) is 11. The minimum Gasteiger partial charge on any atom is -0.469 e. The van der Waals surface area contributed by atoms with E-state index in [1.54, 1.807) is 0 Å². The maximum atomic E-state index is 12.9. The normalized spacial score (nSPS) is 18.8. The van der Waals surface area contributed by atoms with Gasteiger partial charge in [-0.2, -0.15) is 0 Å². The van der Waals surface area contributed by atoms with Crippen LogP contribution in [0.25, 0.3) is 0 Å². The molecule has 0 bridgehead atoms. The standard InChI is InChI=1S/C32H58N4O9/c1-23(33-29(37)19-28(32(40)42-4)36-26-13-9-6-10-14-26)21-44-17-15-43-16-18-45-22-24(2)34-31(39)27(20-30(38)41-3)35-25-11-7-5-8-12-25/h23-28,35-36H,5-22H2,1-4H3,(H,33,37)(H,34,39). The summed E-state index contributed by atoms with van der Waals surface area (Å²) in [6.45, 7) is 5.77. The highest BCUT2D eigenvalue weighted by Gasteiger charge is 2.28. The average molecular weight is 643 g/mol. The van der Waals surface area contributed by atoms with Gasteiger partial charge < -0.3 is 45.0 Å². The van der Waals surface area contributed by atoms with Gasteiger partial charge in [-0.15, -0.1) is 0 Å². The van der Waals surface area contributed by atoms with Crippen molar-refractivity contribution < 1.29 is 42.9 Å². The Morgan fingerprint density at radius 2 is 1.11 bits per heavy atom. The monoisotopic (exact) mass is 642 g/mol. The third kappa shape index (κ3) is 17.2. The highest BCUT2D eigenvalue weighted by Crippen LogP contribution is 2.19. The van der Waals surface area contributed by atoms with Crippen LogP contribution in [0.15, 0.2) is 0 Å². The van der Waals surface area contributed by atoms with Crippen molar-refractivity contribution in [1.29, 1.82) is 0 Å². The average Bonchev–Trinajstić information content (AvgIpc) is 3.03. The van der Waals surface area contributed by atoms with Crippen LogP contribution in [0.4, 0.5) is 0 Å². The summed E-state index contributed by atoms with van der Waals surface area (Å²) in [4.78, 5) is 49.5. The predicted molar refractivity (Wildman–Crippen MR) is 169 cm³/mol. The number of methoxy groups -OCH3 is 2. The summed E-state index contributed by atoms with van der Waals surface area (Å²) in [6.07, 6.45) is 10.9. The third-order valence-corrected chi connectivity index (χ3v) is 8.15. The molecule has 0 aliphatic heterocycles. The SMILES string of the molecule is COC(=O)CC(NC1CCCCC1)C(=O)NC(C)COCCOCCOCC(C)NC(=O)CC(NC1CCCCC1)C(=O)OC. The van der Waals surface area contributed by atoms with Crippen molar-refractivity contribution in [3.8, 4) is 0 Å². The fraction of sp³-hybridized carbons (Fsp3) is 0.875. The molecule has 4 unspecified atom stereocenters. The zero-order valence-corrected chi connectivity index (χ0v) is 27.9. The molecule has 2 fully saturated rings. The van der Waals surface area contributed by atoms with Gasteiger partial charge in [0.2, 0.25) is 11.8 Å². The van der Waals surface area contributed by atoms with Gasteiger partial charge in [0.25, 0.3) is 0 Å². The highest BCUT2D eigenvalue weighted by molar-refractivity contribution is 5.87. The summed E-state index contributed by atoms with van der Waals surface area (Å²) in [7, 11) is 2.66. The summed E-state index contributed by atoms with van der Waals surface area (Å²) in [5, 5.41) is 12.5. The summed E-state index contributed by atoms with van der Waals surface area (Å²) < 4.78 is 26.5. The molecule has 0 saturated heterocycles. The van der Waals surface area contributed by atoms with Crippen molar-refractivity contribution in [2.75, 3.05) is 53.9 Å². The van der Waals surface area contributed by atoms with E-state index in [1.807, 2.05) is 13.8 Å². The predicted octanol–water partition coefficient (Wildman–Crippen LogP) is 1.75. The van der Waals surface area contributed by atoms with Gasteiger partial charge in [0.1, 0.15) is 6.04 Å². The second kappa shape index (κ2) is 23.1. The number of carbonyl (C=O) groups is 4. The van der Waals surface area contributed by atoms with Gasteiger partial charge in [0, 0.05) is 24.2 Å². The Hall–Kier alpha value is -2.32. The number of carbonyl (C=O) groups excluding carboxylic acids is 4. The summed E-state index contributed by atoms with van der Waals surface area (Å²) in [5.74, 6) is -1.32. The maximum Gasteiger partial charge on any atom is 0.323 e. The second-order valence-corrected chi connectivity index (χ2v) is 12.3. The molecule has 0 aromatic heterocycles. The van der Waals surface area contributed by atoms with Crippen LogP contribution in [0.2, 0.25) is 0 Å². The van der Waals surface area contributed by atoms with Gasteiger partial charge in [-0.25, -0.2) is 0 Å². The third-order valence-electron chi connectivity index (χ3n) is 8.15. The first kappa shape index (κ1) is 38.9. The van der Waals surface area contributed by atoms with Crippen LogP contribution in [0.5, 0.6) is 0 Å². The Bertz CT molecular complexity index is 866. The van der Waals surface area contributed by atoms with Crippen molar-refractivity contribution >= 4 is 23.8 Å². The molecule has 45 heavy (non-hydrogen) atoms. The maximum absolute atomic E-state index is 12.9. The summed E-state index contributed by atoms with van der Waals surface area (Å²) in [5.41, 5.74) is 0. The lowest BCUT2D eigenvalue weighted by molar-refractivity contribution is -0.145. The van der Waals surface area contributed by atoms with E-state index in [1.165, 1.54) is 27.1 Å². The van der Waals surface area contributed by atoms with Crippen LogP contribution < -0.4 is 21.3 Å². The number of amides is 2. The molecule has 0 spiro atoms. The molecule has 4 atom stereocenters. The number of nitrogens with one attached hydrogen (secondary N) is 4. The molecule has 0 aromatic rings. The first-order valence-corrected chi connectivity index (χ1v) is 16.7. The molecule has 2 saturated carbocycles. The Morgan fingerprint density at radius 1 is 0.622 bits per heavy atom. The van der Waals surface area contributed by atoms with E-state index in [-0.39, 0.29) is 48.8 Å². The first-order valence-electron chi connectivity index (χ1n) is 16.7. The smallest absolute Gasteiger partial charge is 0.323 e. The zero-order valence-electron chi connectivity index (χ0n) is 27.9. The van der Waals surface area contributed by atoms with E-state index in [0.29, 0.717) is 39.6 Å². The molecule has 0 radical (unpaired) electrons. The molecule has 2 aliphatic rings. The molecule has 13 nitrogen and oxygen atoms in total. The van der Waals surface area contributed by atoms with Crippen molar-refractivity contribution in [3.05, 3.63) is 0 Å². The molecule has 13 heteroatoms. The number of esters is 2. The van der Waals surface area contributed by atoms with E-state index in [9.17, 15) is 19.2 Å². The van der Waals surface area contributed by atoms with E-state index >= 15 is 0 Å². The summed E-state index contributed by atoms with van der Waals surface area (Å²) >= 11 is 0. The minimum absolute atomic E-state index is 0.0127. The topological polar surface area (TPSA) is 163 Å². The Labute approximate surface area is 268 Å². The molecule has 2 amide bonds. The molecule has 260 valence electrons. The second-order valence-electron chi connectivity index (χ2n) is 12.3. The summed E-state index contributed by atoms with van der Waals surface area (Å²) in [6, 6.07) is -1.30. The van der Waals surface area contributed by atoms with Crippen LogP contribution in [0.1, 0.15) is 90.9 Å². The largest absolute Gasteiger partial charge is 0.469 e. The van der Waals surface area contributed by atoms with Crippen molar-refractivity contribution in [1.82, 2.24) is 21.3 Å². The van der Waals surface area contributed by atoms with Gasteiger partial charge in [-0.3, -0.25) is 19.2 Å². The van der Waals surface area contributed by atoms with Crippen LogP contribution >= 0.6 is 0 Å². The van der Waals surface area contributed by atoms with Crippen LogP contribution in [0.3, 0.4) is 0 Å². The lowest BCUT2D eigenvalue weighted by atomic mass is 9.94. The lowest BCUT2D eigenvalue weighted by Crippen LogP contribution is -2.52. The van der Waals surface area contributed by atoms with Crippen LogP contribution in [0, 0.1) is 0 Å². The highest BCUT2D eigenvalue weighted by atomic mass is 16.5. The quantitative estimate of drug-likeness (QED) is 0.101.